The Morgan fingerprint density at radius 3 is 2.40 bits per heavy atom. The molecule has 106 valence electrons. The predicted octanol–water partition coefficient (Wildman–Crippen LogP) is 4.79. The standard InChI is InChI=1S/C17H19FOS/c1-11-7-12(2)9-14(8-11)10-20-17-15(13(3)19)5-4-6-16(17)18/h4-9,13,19H,10H2,1-3H3. The van der Waals surface area contributed by atoms with Crippen LogP contribution in [0.3, 0.4) is 0 Å². The summed E-state index contributed by atoms with van der Waals surface area (Å²) in [5.74, 6) is 0.432. The first kappa shape index (κ1) is 15.1. The lowest BCUT2D eigenvalue weighted by Crippen LogP contribution is -1.97. The molecule has 0 aliphatic carbocycles. The summed E-state index contributed by atoms with van der Waals surface area (Å²) in [6.07, 6.45) is -0.660. The molecule has 0 aliphatic heterocycles. The van der Waals surface area contributed by atoms with Gasteiger partial charge in [0.1, 0.15) is 5.82 Å². The Hall–Kier alpha value is -1.32. The number of aliphatic hydroxyl groups is 1. The lowest BCUT2D eigenvalue weighted by atomic mass is 10.1. The van der Waals surface area contributed by atoms with Gasteiger partial charge in [-0.3, -0.25) is 0 Å². The van der Waals surface area contributed by atoms with Crippen LogP contribution in [0.1, 0.15) is 35.3 Å². The molecule has 0 aliphatic rings. The van der Waals surface area contributed by atoms with Crippen LogP contribution in [-0.2, 0) is 5.75 Å². The van der Waals surface area contributed by atoms with Crippen molar-refractivity contribution in [1.82, 2.24) is 0 Å². The van der Waals surface area contributed by atoms with Gasteiger partial charge in [-0.05, 0) is 38.0 Å². The fourth-order valence-electron chi connectivity index (χ4n) is 2.31. The number of aryl methyl sites for hydroxylation is 2. The van der Waals surface area contributed by atoms with E-state index in [1.54, 1.807) is 19.1 Å². The molecule has 1 N–H and O–H groups in total. The van der Waals surface area contributed by atoms with E-state index in [2.05, 4.69) is 32.0 Å². The van der Waals surface area contributed by atoms with E-state index in [9.17, 15) is 9.50 Å². The van der Waals surface area contributed by atoms with Gasteiger partial charge in [-0.1, -0.05) is 41.5 Å². The lowest BCUT2D eigenvalue weighted by molar-refractivity contribution is 0.195. The molecule has 0 heterocycles. The van der Waals surface area contributed by atoms with Crippen LogP contribution < -0.4 is 0 Å². The van der Waals surface area contributed by atoms with Crippen LogP contribution in [0.15, 0.2) is 41.3 Å². The van der Waals surface area contributed by atoms with E-state index in [1.807, 2.05) is 0 Å². The minimum atomic E-state index is -0.660. The van der Waals surface area contributed by atoms with Crippen molar-refractivity contribution in [2.24, 2.45) is 0 Å². The van der Waals surface area contributed by atoms with Crippen LogP contribution in [0.25, 0.3) is 0 Å². The topological polar surface area (TPSA) is 20.2 Å². The number of thioether (sulfide) groups is 1. The minimum absolute atomic E-state index is 0.266. The van der Waals surface area contributed by atoms with Gasteiger partial charge in [0.2, 0.25) is 0 Å². The number of rotatable bonds is 4. The Morgan fingerprint density at radius 1 is 1.15 bits per heavy atom. The average molecular weight is 290 g/mol. The molecule has 0 aromatic heterocycles. The Morgan fingerprint density at radius 2 is 1.80 bits per heavy atom. The molecule has 0 saturated heterocycles. The quantitative estimate of drug-likeness (QED) is 0.817. The predicted molar refractivity (Wildman–Crippen MR) is 82.5 cm³/mol. The van der Waals surface area contributed by atoms with Gasteiger partial charge >= 0.3 is 0 Å². The largest absolute Gasteiger partial charge is 0.389 e. The molecular formula is C17H19FOS. The highest BCUT2D eigenvalue weighted by atomic mass is 32.2. The normalized spacial score (nSPS) is 12.4. The Kier molecular flexibility index (Phi) is 4.84. The highest BCUT2D eigenvalue weighted by Gasteiger charge is 2.13. The van der Waals surface area contributed by atoms with Gasteiger partial charge in [0.05, 0.1) is 6.10 Å². The Bertz CT molecular complexity index is 588. The van der Waals surface area contributed by atoms with Crippen molar-refractivity contribution in [2.75, 3.05) is 0 Å². The SMILES string of the molecule is Cc1cc(C)cc(CSc2c(F)cccc2C(C)O)c1. The molecule has 1 nitrogen and oxygen atoms in total. The molecule has 0 bridgehead atoms. The third-order valence-corrected chi connectivity index (χ3v) is 4.31. The summed E-state index contributed by atoms with van der Waals surface area (Å²) >= 11 is 1.44. The van der Waals surface area contributed by atoms with Crippen molar-refractivity contribution in [1.29, 1.82) is 0 Å². The molecule has 0 spiro atoms. The van der Waals surface area contributed by atoms with Crippen molar-refractivity contribution >= 4 is 11.8 Å². The Balaban J connectivity index is 2.22. The van der Waals surface area contributed by atoms with E-state index in [0.717, 1.165) is 0 Å². The number of aliphatic hydroxyl groups excluding tert-OH is 1. The van der Waals surface area contributed by atoms with E-state index in [4.69, 9.17) is 0 Å². The monoisotopic (exact) mass is 290 g/mol. The Labute approximate surface area is 123 Å². The molecule has 0 radical (unpaired) electrons. The van der Waals surface area contributed by atoms with E-state index >= 15 is 0 Å². The second-order valence-electron chi connectivity index (χ2n) is 5.12. The third kappa shape index (κ3) is 3.62. The molecule has 0 amide bonds. The van der Waals surface area contributed by atoms with Crippen molar-refractivity contribution in [2.45, 2.75) is 37.5 Å². The average Bonchev–Trinajstić information content (AvgIpc) is 2.35. The van der Waals surface area contributed by atoms with Crippen LogP contribution >= 0.6 is 11.8 Å². The molecule has 0 saturated carbocycles. The van der Waals surface area contributed by atoms with Gasteiger partial charge in [-0.2, -0.15) is 0 Å². The molecule has 2 aromatic rings. The maximum absolute atomic E-state index is 13.9. The minimum Gasteiger partial charge on any atom is -0.389 e. The second-order valence-corrected chi connectivity index (χ2v) is 6.10. The van der Waals surface area contributed by atoms with Crippen LogP contribution in [0.2, 0.25) is 0 Å². The van der Waals surface area contributed by atoms with E-state index in [-0.39, 0.29) is 5.82 Å². The van der Waals surface area contributed by atoms with Gasteiger partial charge in [0.15, 0.2) is 0 Å². The summed E-state index contributed by atoms with van der Waals surface area (Å²) < 4.78 is 13.9. The van der Waals surface area contributed by atoms with E-state index in [0.29, 0.717) is 16.2 Å². The molecule has 2 rings (SSSR count). The molecule has 3 heteroatoms. The van der Waals surface area contributed by atoms with E-state index < -0.39 is 6.10 Å². The summed E-state index contributed by atoms with van der Waals surface area (Å²) in [6, 6.07) is 11.2. The first-order chi connectivity index (χ1) is 9.47. The fraction of sp³-hybridized carbons (Fsp3) is 0.294. The number of halogens is 1. The first-order valence-corrected chi connectivity index (χ1v) is 7.62. The van der Waals surface area contributed by atoms with Crippen LogP contribution in [0.5, 0.6) is 0 Å². The number of hydrogen-bond acceptors (Lipinski definition) is 2. The van der Waals surface area contributed by atoms with Crippen LogP contribution in [0, 0.1) is 19.7 Å². The molecule has 1 unspecified atom stereocenters. The summed E-state index contributed by atoms with van der Waals surface area (Å²) in [6.45, 7) is 5.78. The summed E-state index contributed by atoms with van der Waals surface area (Å²) in [4.78, 5) is 0.543. The van der Waals surface area contributed by atoms with Crippen molar-refractivity contribution in [3.05, 3.63) is 64.5 Å². The molecule has 20 heavy (non-hydrogen) atoms. The molecule has 2 aromatic carbocycles. The van der Waals surface area contributed by atoms with Gasteiger partial charge < -0.3 is 5.11 Å². The van der Waals surface area contributed by atoms with Crippen LogP contribution in [0.4, 0.5) is 4.39 Å². The van der Waals surface area contributed by atoms with Crippen molar-refractivity contribution in [3.8, 4) is 0 Å². The van der Waals surface area contributed by atoms with Gasteiger partial charge in [-0.25, -0.2) is 4.39 Å². The molecular weight excluding hydrogens is 271 g/mol. The zero-order valence-electron chi connectivity index (χ0n) is 12.0. The fourth-order valence-corrected chi connectivity index (χ4v) is 3.40. The molecule has 0 fully saturated rings. The first-order valence-electron chi connectivity index (χ1n) is 6.64. The number of benzene rings is 2. The van der Waals surface area contributed by atoms with Crippen molar-refractivity contribution < 1.29 is 9.50 Å². The maximum atomic E-state index is 13.9. The second kappa shape index (κ2) is 6.42. The summed E-state index contributed by atoms with van der Waals surface area (Å²) in [5, 5.41) is 9.73. The van der Waals surface area contributed by atoms with Gasteiger partial charge in [0, 0.05) is 10.6 Å². The van der Waals surface area contributed by atoms with Gasteiger partial charge in [-0.15, -0.1) is 11.8 Å². The van der Waals surface area contributed by atoms with Crippen molar-refractivity contribution in [3.63, 3.8) is 0 Å². The number of hydrogen-bond donors (Lipinski definition) is 1. The van der Waals surface area contributed by atoms with E-state index in [1.165, 1.54) is 34.5 Å². The smallest absolute Gasteiger partial charge is 0.137 e. The summed E-state index contributed by atoms with van der Waals surface area (Å²) in [5.41, 5.74) is 4.25. The third-order valence-electron chi connectivity index (χ3n) is 3.11. The zero-order chi connectivity index (χ0) is 14.7. The highest BCUT2D eigenvalue weighted by molar-refractivity contribution is 7.98. The zero-order valence-corrected chi connectivity index (χ0v) is 12.8. The van der Waals surface area contributed by atoms with Crippen LogP contribution in [-0.4, -0.2) is 5.11 Å². The highest BCUT2D eigenvalue weighted by Crippen LogP contribution is 2.32. The lowest BCUT2D eigenvalue weighted by Gasteiger charge is -2.13. The summed E-state index contributed by atoms with van der Waals surface area (Å²) in [7, 11) is 0. The maximum Gasteiger partial charge on any atom is 0.137 e. The van der Waals surface area contributed by atoms with Gasteiger partial charge in [0.25, 0.3) is 0 Å². The molecule has 1 atom stereocenters.